The van der Waals surface area contributed by atoms with Crippen LogP contribution < -0.4 is 11.1 Å². The molecule has 1 amide bonds. The molecule has 0 spiro atoms. The van der Waals surface area contributed by atoms with Crippen LogP contribution in [0.5, 0.6) is 0 Å². The molecule has 76 valence electrons. The van der Waals surface area contributed by atoms with Crippen LogP contribution in [0.3, 0.4) is 0 Å². The SMILES string of the molecule is NC(=O)CNc1c(Cl)cc(Cl)cc1Cl. The number of amides is 1. The van der Waals surface area contributed by atoms with Crippen LogP contribution in [-0.4, -0.2) is 12.5 Å². The molecule has 0 aliphatic heterocycles. The van der Waals surface area contributed by atoms with Gasteiger partial charge in [-0.15, -0.1) is 0 Å². The highest BCUT2D eigenvalue weighted by molar-refractivity contribution is 6.41. The first kappa shape index (κ1) is 11.4. The van der Waals surface area contributed by atoms with Crippen molar-refractivity contribution in [3.05, 3.63) is 27.2 Å². The van der Waals surface area contributed by atoms with E-state index in [-0.39, 0.29) is 6.54 Å². The first-order chi connectivity index (χ1) is 6.50. The number of benzene rings is 1. The number of carbonyl (C=O) groups is 1. The second kappa shape index (κ2) is 4.73. The molecule has 1 rings (SSSR count). The lowest BCUT2D eigenvalue weighted by Crippen LogP contribution is -2.22. The summed E-state index contributed by atoms with van der Waals surface area (Å²) >= 11 is 17.4. The zero-order valence-electron chi connectivity index (χ0n) is 6.98. The van der Waals surface area contributed by atoms with Crippen LogP contribution in [0.4, 0.5) is 5.69 Å². The first-order valence-corrected chi connectivity index (χ1v) is 4.81. The summed E-state index contributed by atoms with van der Waals surface area (Å²) in [4.78, 5) is 10.5. The molecule has 6 heteroatoms. The molecule has 0 atom stereocenters. The van der Waals surface area contributed by atoms with E-state index in [1.54, 1.807) is 0 Å². The second-order valence-corrected chi connectivity index (χ2v) is 3.82. The van der Waals surface area contributed by atoms with E-state index in [1.807, 2.05) is 0 Å². The predicted molar refractivity (Wildman–Crippen MR) is 59.2 cm³/mol. The van der Waals surface area contributed by atoms with Gasteiger partial charge in [-0.1, -0.05) is 34.8 Å². The Morgan fingerprint density at radius 1 is 1.29 bits per heavy atom. The van der Waals surface area contributed by atoms with Crippen molar-refractivity contribution in [1.29, 1.82) is 0 Å². The van der Waals surface area contributed by atoms with Crippen molar-refractivity contribution in [3.63, 3.8) is 0 Å². The van der Waals surface area contributed by atoms with Gasteiger partial charge >= 0.3 is 0 Å². The molecular formula is C8H7Cl3N2O. The van der Waals surface area contributed by atoms with Crippen LogP contribution in [0.1, 0.15) is 0 Å². The van der Waals surface area contributed by atoms with Crippen molar-refractivity contribution in [1.82, 2.24) is 0 Å². The van der Waals surface area contributed by atoms with E-state index < -0.39 is 5.91 Å². The van der Waals surface area contributed by atoms with Crippen molar-refractivity contribution in [2.75, 3.05) is 11.9 Å². The molecule has 0 aliphatic carbocycles. The minimum Gasteiger partial charge on any atom is -0.374 e. The maximum absolute atomic E-state index is 10.5. The largest absolute Gasteiger partial charge is 0.374 e. The maximum Gasteiger partial charge on any atom is 0.236 e. The van der Waals surface area contributed by atoms with Gasteiger partial charge in [0.15, 0.2) is 0 Å². The minimum atomic E-state index is -0.493. The lowest BCUT2D eigenvalue weighted by atomic mass is 10.3. The highest BCUT2D eigenvalue weighted by Crippen LogP contribution is 2.33. The number of hydrogen-bond acceptors (Lipinski definition) is 2. The smallest absolute Gasteiger partial charge is 0.236 e. The topological polar surface area (TPSA) is 55.1 Å². The lowest BCUT2D eigenvalue weighted by Gasteiger charge is -2.08. The number of carbonyl (C=O) groups excluding carboxylic acids is 1. The Balaban J connectivity index is 2.91. The van der Waals surface area contributed by atoms with Crippen LogP contribution in [0.2, 0.25) is 15.1 Å². The zero-order valence-corrected chi connectivity index (χ0v) is 9.25. The number of anilines is 1. The van der Waals surface area contributed by atoms with Crippen molar-refractivity contribution < 1.29 is 4.79 Å². The molecule has 0 saturated heterocycles. The van der Waals surface area contributed by atoms with Crippen LogP contribution in [-0.2, 0) is 4.79 Å². The molecule has 1 aromatic rings. The van der Waals surface area contributed by atoms with Gasteiger partial charge in [0.1, 0.15) is 0 Å². The standard InChI is InChI=1S/C8H7Cl3N2O/c9-4-1-5(10)8(6(11)2-4)13-3-7(12)14/h1-2,13H,3H2,(H2,12,14). The van der Waals surface area contributed by atoms with Crippen molar-refractivity contribution in [3.8, 4) is 0 Å². The number of primary amides is 1. The number of rotatable bonds is 3. The Bertz CT molecular complexity index is 345. The van der Waals surface area contributed by atoms with E-state index in [9.17, 15) is 4.79 Å². The van der Waals surface area contributed by atoms with Gasteiger partial charge in [0.05, 0.1) is 22.3 Å². The van der Waals surface area contributed by atoms with Gasteiger partial charge in [-0.25, -0.2) is 0 Å². The number of nitrogens with two attached hydrogens (primary N) is 1. The van der Waals surface area contributed by atoms with E-state index in [2.05, 4.69) is 5.32 Å². The molecule has 3 N–H and O–H groups in total. The molecule has 0 heterocycles. The lowest BCUT2D eigenvalue weighted by molar-refractivity contribution is -0.116. The number of halogens is 3. The fourth-order valence-corrected chi connectivity index (χ4v) is 1.84. The molecule has 0 radical (unpaired) electrons. The summed E-state index contributed by atoms with van der Waals surface area (Å²) in [5.41, 5.74) is 5.41. The summed E-state index contributed by atoms with van der Waals surface area (Å²) in [6, 6.07) is 3.05. The Hall–Kier alpha value is -0.640. The Morgan fingerprint density at radius 3 is 2.21 bits per heavy atom. The van der Waals surface area contributed by atoms with Gasteiger partial charge in [0.25, 0.3) is 0 Å². The van der Waals surface area contributed by atoms with Gasteiger partial charge in [0.2, 0.25) is 5.91 Å². The second-order valence-electron chi connectivity index (χ2n) is 2.56. The molecule has 0 aromatic heterocycles. The zero-order chi connectivity index (χ0) is 10.7. The van der Waals surface area contributed by atoms with E-state index in [1.165, 1.54) is 12.1 Å². The fourth-order valence-electron chi connectivity index (χ4n) is 0.887. The number of nitrogens with one attached hydrogen (secondary N) is 1. The van der Waals surface area contributed by atoms with Crippen molar-refractivity contribution >= 4 is 46.4 Å². The van der Waals surface area contributed by atoms with Gasteiger partial charge in [0, 0.05) is 5.02 Å². The summed E-state index contributed by atoms with van der Waals surface area (Å²) in [5.74, 6) is -0.493. The molecule has 0 bridgehead atoms. The highest BCUT2D eigenvalue weighted by Gasteiger charge is 2.07. The molecule has 3 nitrogen and oxygen atoms in total. The van der Waals surface area contributed by atoms with E-state index in [4.69, 9.17) is 40.5 Å². The van der Waals surface area contributed by atoms with Gasteiger partial charge in [-0.05, 0) is 12.1 Å². The molecule has 1 aromatic carbocycles. The molecule has 0 aliphatic rings. The maximum atomic E-state index is 10.5. The Kier molecular flexibility index (Phi) is 3.86. The molecule has 0 unspecified atom stereocenters. The van der Waals surface area contributed by atoms with Crippen LogP contribution in [0.15, 0.2) is 12.1 Å². The monoisotopic (exact) mass is 252 g/mol. The average Bonchev–Trinajstić information content (AvgIpc) is 2.01. The normalized spacial score (nSPS) is 9.93. The third-order valence-corrected chi connectivity index (χ3v) is 2.26. The summed E-state index contributed by atoms with van der Waals surface area (Å²) < 4.78 is 0. The average molecular weight is 254 g/mol. The molecule has 0 fully saturated rings. The van der Waals surface area contributed by atoms with E-state index in [0.29, 0.717) is 20.8 Å². The quantitative estimate of drug-likeness (QED) is 0.870. The summed E-state index contributed by atoms with van der Waals surface area (Å²) in [6.07, 6.45) is 0. The van der Waals surface area contributed by atoms with Crippen molar-refractivity contribution in [2.45, 2.75) is 0 Å². The van der Waals surface area contributed by atoms with Gasteiger partial charge in [-0.3, -0.25) is 4.79 Å². The fraction of sp³-hybridized carbons (Fsp3) is 0.125. The molecule has 0 saturated carbocycles. The summed E-state index contributed by atoms with van der Waals surface area (Å²) in [5, 5.41) is 3.85. The van der Waals surface area contributed by atoms with Crippen molar-refractivity contribution in [2.24, 2.45) is 5.73 Å². The van der Waals surface area contributed by atoms with Gasteiger partial charge < -0.3 is 11.1 Å². The Morgan fingerprint density at radius 2 is 1.79 bits per heavy atom. The first-order valence-electron chi connectivity index (χ1n) is 3.67. The highest BCUT2D eigenvalue weighted by atomic mass is 35.5. The van der Waals surface area contributed by atoms with Crippen LogP contribution in [0, 0.1) is 0 Å². The summed E-state index contributed by atoms with van der Waals surface area (Å²) in [6.45, 7) is -0.0267. The van der Waals surface area contributed by atoms with Crippen LogP contribution >= 0.6 is 34.8 Å². The Labute approximate surface area is 96.1 Å². The summed E-state index contributed by atoms with van der Waals surface area (Å²) in [7, 11) is 0. The molecule has 14 heavy (non-hydrogen) atoms. The van der Waals surface area contributed by atoms with E-state index in [0.717, 1.165) is 0 Å². The number of hydrogen-bond donors (Lipinski definition) is 2. The van der Waals surface area contributed by atoms with E-state index >= 15 is 0 Å². The minimum absolute atomic E-state index is 0.0267. The predicted octanol–water partition coefficient (Wildman–Crippen LogP) is 2.54. The molecular weight excluding hydrogens is 246 g/mol. The third-order valence-electron chi connectivity index (χ3n) is 1.45. The van der Waals surface area contributed by atoms with Gasteiger partial charge in [-0.2, -0.15) is 0 Å². The van der Waals surface area contributed by atoms with Crippen LogP contribution in [0.25, 0.3) is 0 Å². The third kappa shape index (κ3) is 2.94.